The van der Waals surface area contributed by atoms with E-state index in [0.717, 1.165) is 15.2 Å². The van der Waals surface area contributed by atoms with Gasteiger partial charge in [-0.1, -0.05) is 32.0 Å². The van der Waals surface area contributed by atoms with Gasteiger partial charge in [-0.25, -0.2) is 4.98 Å². The highest BCUT2D eigenvalue weighted by Gasteiger charge is 2.24. The molecule has 26 heavy (non-hydrogen) atoms. The number of carbonyl (C=O) groups is 2. The van der Waals surface area contributed by atoms with Crippen LogP contribution in [-0.2, 0) is 4.79 Å². The number of nitrogens with zero attached hydrogens (tertiary/aromatic N) is 1. The van der Waals surface area contributed by atoms with E-state index >= 15 is 0 Å². The molecule has 134 valence electrons. The number of thiazole rings is 1. The number of benzene rings is 2. The molecule has 2 N–H and O–H groups in total. The molecule has 0 unspecified atom stereocenters. The number of rotatable bonds is 5. The molecule has 0 bridgehead atoms. The van der Waals surface area contributed by atoms with E-state index in [1.165, 1.54) is 0 Å². The van der Waals surface area contributed by atoms with Gasteiger partial charge in [0.25, 0.3) is 5.91 Å². The number of hydrogen-bond donors (Lipinski definition) is 2. The number of hydrogen-bond acceptors (Lipinski definition) is 4. The summed E-state index contributed by atoms with van der Waals surface area (Å²) >= 11 is 1.58. The van der Waals surface area contributed by atoms with Gasteiger partial charge in [-0.15, -0.1) is 11.3 Å². The molecule has 1 heterocycles. The summed E-state index contributed by atoms with van der Waals surface area (Å²) in [6, 6.07) is 13.9. The maximum Gasteiger partial charge on any atom is 0.251 e. The quantitative estimate of drug-likeness (QED) is 0.716. The van der Waals surface area contributed by atoms with Crippen molar-refractivity contribution >= 4 is 39.1 Å². The van der Waals surface area contributed by atoms with Gasteiger partial charge in [-0.3, -0.25) is 9.59 Å². The van der Waals surface area contributed by atoms with Crippen molar-refractivity contribution in [3.05, 3.63) is 59.1 Å². The second kappa shape index (κ2) is 7.66. The Labute approximate surface area is 156 Å². The van der Waals surface area contributed by atoms with Gasteiger partial charge >= 0.3 is 0 Å². The van der Waals surface area contributed by atoms with E-state index in [1.807, 2.05) is 45.0 Å². The Morgan fingerprint density at radius 1 is 1.08 bits per heavy atom. The molecule has 0 fully saturated rings. The smallest absolute Gasteiger partial charge is 0.251 e. The standard InChI is InChI=1S/C20H21N3O2S/c1-12(2)18(23-19(24)14-7-5-4-6-8-14)20(25)22-15-9-10-16-17(11-15)26-13(3)21-16/h4-12,18H,1-3H3,(H,22,25)(H,23,24)/t18-/m0/s1. The van der Waals surface area contributed by atoms with Crippen LogP contribution >= 0.6 is 11.3 Å². The van der Waals surface area contributed by atoms with Crippen LogP contribution in [0.4, 0.5) is 5.69 Å². The van der Waals surface area contributed by atoms with Crippen molar-refractivity contribution in [3.63, 3.8) is 0 Å². The Balaban J connectivity index is 1.74. The molecule has 0 aliphatic rings. The zero-order chi connectivity index (χ0) is 18.7. The molecule has 6 heteroatoms. The second-order valence-corrected chi connectivity index (χ2v) is 7.70. The maximum atomic E-state index is 12.7. The number of aryl methyl sites for hydroxylation is 1. The molecule has 2 amide bonds. The summed E-state index contributed by atoms with van der Waals surface area (Å²) in [5.74, 6) is -0.533. The molecule has 1 atom stereocenters. The van der Waals surface area contributed by atoms with Crippen molar-refractivity contribution in [1.82, 2.24) is 10.3 Å². The van der Waals surface area contributed by atoms with Gasteiger partial charge in [0.15, 0.2) is 0 Å². The van der Waals surface area contributed by atoms with E-state index in [2.05, 4.69) is 15.6 Å². The maximum absolute atomic E-state index is 12.7. The molecular weight excluding hydrogens is 346 g/mol. The summed E-state index contributed by atoms with van der Waals surface area (Å²) in [6.45, 7) is 5.77. The lowest BCUT2D eigenvalue weighted by atomic mass is 10.0. The van der Waals surface area contributed by atoms with Gasteiger partial charge in [0.05, 0.1) is 15.2 Å². The van der Waals surface area contributed by atoms with Gasteiger partial charge in [-0.05, 0) is 43.2 Å². The minimum absolute atomic E-state index is 0.0444. The average Bonchev–Trinajstić information content (AvgIpc) is 2.99. The first-order chi connectivity index (χ1) is 12.4. The summed E-state index contributed by atoms with van der Waals surface area (Å²) in [7, 11) is 0. The van der Waals surface area contributed by atoms with Crippen molar-refractivity contribution < 1.29 is 9.59 Å². The van der Waals surface area contributed by atoms with Gasteiger partial charge in [0.1, 0.15) is 6.04 Å². The summed E-state index contributed by atoms with van der Waals surface area (Å²) in [5.41, 5.74) is 2.15. The molecule has 0 saturated carbocycles. The van der Waals surface area contributed by atoms with E-state index < -0.39 is 6.04 Å². The largest absolute Gasteiger partial charge is 0.340 e. The Morgan fingerprint density at radius 3 is 2.50 bits per heavy atom. The van der Waals surface area contributed by atoms with E-state index in [-0.39, 0.29) is 17.7 Å². The third kappa shape index (κ3) is 4.08. The lowest BCUT2D eigenvalue weighted by Crippen LogP contribution is -2.47. The van der Waals surface area contributed by atoms with Crippen LogP contribution in [0.15, 0.2) is 48.5 Å². The Hall–Kier alpha value is -2.73. The van der Waals surface area contributed by atoms with E-state index in [4.69, 9.17) is 0 Å². The van der Waals surface area contributed by atoms with Crippen LogP contribution in [0.1, 0.15) is 29.2 Å². The van der Waals surface area contributed by atoms with Gasteiger partial charge in [0.2, 0.25) is 5.91 Å². The van der Waals surface area contributed by atoms with Crippen LogP contribution < -0.4 is 10.6 Å². The van der Waals surface area contributed by atoms with Crippen molar-refractivity contribution in [2.75, 3.05) is 5.32 Å². The van der Waals surface area contributed by atoms with Crippen molar-refractivity contribution in [1.29, 1.82) is 0 Å². The first-order valence-corrected chi connectivity index (χ1v) is 9.29. The Bertz CT molecular complexity index is 935. The third-order valence-electron chi connectivity index (χ3n) is 4.03. The molecule has 1 aromatic heterocycles. The highest BCUT2D eigenvalue weighted by atomic mass is 32.1. The van der Waals surface area contributed by atoms with Crippen molar-refractivity contribution in [2.45, 2.75) is 26.8 Å². The fourth-order valence-electron chi connectivity index (χ4n) is 2.69. The molecule has 3 rings (SSSR count). The van der Waals surface area contributed by atoms with E-state index in [1.54, 1.807) is 35.6 Å². The predicted octanol–water partition coefficient (Wildman–Crippen LogP) is 4.00. The Kier molecular flexibility index (Phi) is 5.32. The van der Waals surface area contributed by atoms with Crippen molar-refractivity contribution in [3.8, 4) is 0 Å². The first-order valence-electron chi connectivity index (χ1n) is 8.48. The van der Waals surface area contributed by atoms with Crippen LogP contribution in [0.3, 0.4) is 0 Å². The topological polar surface area (TPSA) is 71.1 Å². The molecular formula is C20H21N3O2S. The minimum atomic E-state index is -0.624. The van der Waals surface area contributed by atoms with Crippen molar-refractivity contribution in [2.24, 2.45) is 5.92 Å². The highest BCUT2D eigenvalue weighted by Crippen LogP contribution is 2.25. The van der Waals surface area contributed by atoms with Gasteiger partial charge in [0, 0.05) is 11.3 Å². The molecule has 0 aliphatic heterocycles. The van der Waals surface area contributed by atoms with Crippen LogP contribution in [0.2, 0.25) is 0 Å². The Morgan fingerprint density at radius 2 is 1.81 bits per heavy atom. The zero-order valence-corrected chi connectivity index (χ0v) is 15.8. The number of aromatic nitrogens is 1. The van der Waals surface area contributed by atoms with Crippen LogP contribution in [0.5, 0.6) is 0 Å². The second-order valence-electron chi connectivity index (χ2n) is 6.47. The molecule has 3 aromatic rings. The number of fused-ring (bicyclic) bond motifs is 1. The van der Waals surface area contributed by atoms with Gasteiger partial charge < -0.3 is 10.6 Å². The van der Waals surface area contributed by atoms with E-state index in [9.17, 15) is 9.59 Å². The van der Waals surface area contributed by atoms with Crippen LogP contribution in [-0.4, -0.2) is 22.8 Å². The molecule has 2 aromatic carbocycles. The summed E-state index contributed by atoms with van der Waals surface area (Å²) in [4.78, 5) is 29.5. The molecule has 5 nitrogen and oxygen atoms in total. The van der Waals surface area contributed by atoms with Crippen LogP contribution in [0, 0.1) is 12.8 Å². The van der Waals surface area contributed by atoms with Crippen LogP contribution in [0.25, 0.3) is 10.2 Å². The fraction of sp³-hybridized carbons (Fsp3) is 0.250. The normalized spacial score (nSPS) is 12.2. The highest BCUT2D eigenvalue weighted by molar-refractivity contribution is 7.18. The predicted molar refractivity (Wildman–Crippen MR) is 106 cm³/mol. The fourth-order valence-corrected chi connectivity index (χ4v) is 3.55. The summed E-state index contributed by atoms with van der Waals surface area (Å²) < 4.78 is 1.02. The first kappa shape index (κ1) is 18.1. The number of nitrogens with one attached hydrogen (secondary N) is 2. The summed E-state index contributed by atoms with van der Waals surface area (Å²) in [6.07, 6.45) is 0. The monoisotopic (exact) mass is 367 g/mol. The molecule has 0 saturated heterocycles. The summed E-state index contributed by atoms with van der Waals surface area (Å²) in [5, 5.41) is 6.73. The lowest BCUT2D eigenvalue weighted by molar-refractivity contribution is -0.118. The zero-order valence-electron chi connectivity index (χ0n) is 14.9. The van der Waals surface area contributed by atoms with E-state index in [0.29, 0.717) is 11.3 Å². The van der Waals surface area contributed by atoms with Gasteiger partial charge in [-0.2, -0.15) is 0 Å². The number of amides is 2. The minimum Gasteiger partial charge on any atom is -0.340 e. The third-order valence-corrected chi connectivity index (χ3v) is 4.97. The molecule has 0 radical (unpaired) electrons. The molecule has 0 spiro atoms. The SMILES string of the molecule is Cc1nc2ccc(NC(=O)[C@@H](NC(=O)c3ccccc3)C(C)C)cc2s1. The lowest BCUT2D eigenvalue weighted by Gasteiger charge is -2.21. The number of carbonyl (C=O) groups excluding carboxylic acids is 2. The average molecular weight is 367 g/mol. The number of anilines is 1. The molecule has 0 aliphatic carbocycles.